The summed E-state index contributed by atoms with van der Waals surface area (Å²) < 4.78 is 5.91. The van der Waals surface area contributed by atoms with Gasteiger partial charge in [0.2, 0.25) is 5.91 Å². The van der Waals surface area contributed by atoms with Crippen molar-refractivity contribution in [3.05, 3.63) is 52.5 Å². The van der Waals surface area contributed by atoms with Gasteiger partial charge in [-0.2, -0.15) is 0 Å². The highest BCUT2D eigenvalue weighted by Gasteiger charge is 2.18. The van der Waals surface area contributed by atoms with Crippen molar-refractivity contribution in [3.8, 4) is 5.75 Å². The minimum atomic E-state index is 0.0849. The standard InChI is InChI=1S/C23H28ClN3O2/c1-17-3-6-19(15-21(17)24)27-12-10-26(11-13-27)9-2-14-29-20-7-4-18-5-8-23(28)25-22(18)16-20/h3-4,6-7,15-16H,2,5,8-14H2,1H3,(H,25,28). The predicted molar refractivity (Wildman–Crippen MR) is 118 cm³/mol. The second kappa shape index (κ2) is 9.06. The first-order valence-electron chi connectivity index (χ1n) is 10.4. The van der Waals surface area contributed by atoms with Gasteiger partial charge >= 0.3 is 0 Å². The first-order chi connectivity index (χ1) is 14.1. The average molecular weight is 414 g/mol. The molecule has 1 saturated heterocycles. The highest BCUT2D eigenvalue weighted by atomic mass is 35.5. The summed E-state index contributed by atoms with van der Waals surface area (Å²) in [5.74, 6) is 0.911. The van der Waals surface area contributed by atoms with Crippen LogP contribution in [0.2, 0.25) is 5.02 Å². The van der Waals surface area contributed by atoms with Gasteiger partial charge in [0.25, 0.3) is 0 Å². The van der Waals surface area contributed by atoms with Crippen LogP contribution in [0.5, 0.6) is 5.75 Å². The number of hydrogen-bond acceptors (Lipinski definition) is 4. The highest BCUT2D eigenvalue weighted by Crippen LogP contribution is 2.27. The number of fused-ring (bicyclic) bond motifs is 1. The summed E-state index contributed by atoms with van der Waals surface area (Å²) >= 11 is 6.27. The zero-order chi connectivity index (χ0) is 20.2. The number of nitrogens with one attached hydrogen (secondary N) is 1. The molecule has 1 N–H and O–H groups in total. The third kappa shape index (κ3) is 5.03. The molecule has 5 nitrogen and oxygen atoms in total. The van der Waals surface area contributed by atoms with Gasteiger partial charge in [-0.1, -0.05) is 23.7 Å². The molecule has 0 bridgehead atoms. The Morgan fingerprint density at radius 3 is 2.69 bits per heavy atom. The van der Waals surface area contributed by atoms with Crippen LogP contribution >= 0.6 is 11.6 Å². The monoisotopic (exact) mass is 413 g/mol. The minimum Gasteiger partial charge on any atom is -0.493 e. The molecule has 0 aromatic heterocycles. The lowest BCUT2D eigenvalue weighted by atomic mass is 10.0. The second-order valence-corrected chi connectivity index (χ2v) is 8.24. The number of piperazine rings is 1. The SMILES string of the molecule is Cc1ccc(N2CCN(CCCOc3ccc4c(c3)NC(=O)CC4)CC2)cc1Cl. The Morgan fingerprint density at radius 2 is 1.90 bits per heavy atom. The molecule has 1 amide bonds. The maximum Gasteiger partial charge on any atom is 0.224 e. The number of anilines is 2. The lowest BCUT2D eigenvalue weighted by Crippen LogP contribution is -2.46. The minimum absolute atomic E-state index is 0.0849. The number of halogens is 1. The van der Waals surface area contributed by atoms with Gasteiger partial charge in [0.05, 0.1) is 6.61 Å². The van der Waals surface area contributed by atoms with Crippen molar-refractivity contribution in [2.45, 2.75) is 26.2 Å². The van der Waals surface area contributed by atoms with Crippen LogP contribution in [0.25, 0.3) is 0 Å². The quantitative estimate of drug-likeness (QED) is 0.723. The van der Waals surface area contributed by atoms with Crippen molar-refractivity contribution in [1.82, 2.24) is 4.90 Å². The van der Waals surface area contributed by atoms with Crippen LogP contribution in [-0.4, -0.2) is 50.1 Å². The molecular weight excluding hydrogens is 386 g/mol. The number of rotatable bonds is 6. The molecule has 0 radical (unpaired) electrons. The fourth-order valence-electron chi connectivity index (χ4n) is 3.93. The Labute approximate surface area is 177 Å². The smallest absolute Gasteiger partial charge is 0.224 e. The summed E-state index contributed by atoms with van der Waals surface area (Å²) in [7, 11) is 0. The van der Waals surface area contributed by atoms with Crippen molar-refractivity contribution in [2.75, 3.05) is 49.5 Å². The first-order valence-corrected chi connectivity index (χ1v) is 10.8. The highest BCUT2D eigenvalue weighted by molar-refractivity contribution is 6.31. The van der Waals surface area contributed by atoms with Crippen LogP contribution in [0.3, 0.4) is 0 Å². The molecule has 0 unspecified atom stereocenters. The zero-order valence-electron chi connectivity index (χ0n) is 16.9. The summed E-state index contributed by atoms with van der Waals surface area (Å²) in [5, 5.41) is 3.76. The van der Waals surface area contributed by atoms with Gasteiger partial charge in [-0.3, -0.25) is 9.69 Å². The molecule has 0 spiro atoms. The van der Waals surface area contributed by atoms with Gasteiger partial charge in [-0.05, 0) is 49.1 Å². The molecule has 0 saturated carbocycles. The Kier molecular flexibility index (Phi) is 6.26. The molecule has 2 aromatic rings. The van der Waals surface area contributed by atoms with Gasteiger partial charge in [-0.15, -0.1) is 0 Å². The maximum absolute atomic E-state index is 11.6. The fraction of sp³-hybridized carbons (Fsp3) is 0.435. The Morgan fingerprint density at radius 1 is 1.07 bits per heavy atom. The number of nitrogens with zero attached hydrogens (tertiary/aromatic N) is 2. The number of hydrogen-bond donors (Lipinski definition) is 1. The molecule has 2 aliphatic rings. The molecule has 0 aliphatic carbocycles. The third-order valence-corrected chi connectivity index (χ3v) is 6.16. The molecule has 2 aliphatic heterocycles. The number of benzene rings is 2. The normalized spacial score (nSPS) is 17.0. The second-order valence-electron chi connectivity index (χ2n) is 7.83. The lowest BCUT2D eigenvalue weighted by Gasteiger charge is -2.36. The topological polar surface area (TPSA) is 44.8 Å². The zero-order valence-corrected chi connectivity index (χ0v) is 17.7. The van der Waals surface area contributed by atoms with Crippen molar-refractivity contribution in [1.29, 1.82) is 0 Å². The van der Waals surface area contributed by atoms with E-state index in [9.17, 15) is 4.79 Å². The van der Waals surface area contributed by atoms with Gasteiger partial charge in [0.1, 0.15) is 5.75 Å². The van der Waals surface area contributed by atoms with Crippen LogP contribution in [0.4, 0.5) is 11.4 Å². The molecule has 0 atom stereocenters. The van der Waals surface area contributed by atoms with E-state index in [1.54, 1.807) is 0 Å². The van der Waals surface area contributed by atoms with E-state index in [1.165, 1.54) is 11.3 Å². The van der Waals surface area contributed by atoms with E-state index in [1.807, 2.05) is 19.1 Å². The third-order valence-electron chi connectivity index (χ3n) is 5.76. The maximum atomic E-state index is 11.6. The Bertz CT molecular complexity index is 878. The first kappa shape index (κ1) is 20.0. The summed E-state index contributed by atoms with van der Waals surface area (Å²) in [5.41, 5.74) is 4.41. The number of carbonyl (C=O) groups excluding carboxylic acids is 1. The van der Waals surface area contributed by atoms with Crippen molar-refractivity contribution in [3.63, 3.8) is 0 Å². The fourth-order valence-corrected chi connectivity index (χ4v) is 4.10. The molecule has 2 heterocycles. The molecule has 6 heteroatoms. The van der Waals surface area contributed by atoms with E-state index in [2.05, 4.69) is 39.4 Å². The number of ether oxygens (including phenoxy) is 1. The van der Waals surface area contributed by atoms with E-state index >= 15 is 0 Å². The molecule has 1 fully saturated rings. The summed E-state index contributed by atoms with van der Waals surface area (Å²) in [6.07, 6.45) is 2.36. The van der Waals surface area contributed by atoms with E-state index in [0.29, 0.717) is 13.0 Å². The average Bonchev–Trinajstić information content (AvgIpc) is 2.73. The van der Waals surface area contributed by atoms with E-state index in [-0.39, 0.29) is 5.91 Å². The van der Waals surface area contributed by atoms with Gasteiger partial charge in [0.15, 0.2) is 0 Å². The molecule has 154 valence electrons. The van der Waals surface area contributed by atoms with E-state index in [0.717, 1.165) is 67.6 Å². The Hall–Kier alpha value is -2.24. The predicted octanol–water partition coefficient (Wildman–Crippen LogP) is 4.12. The van der Waals surface area contributed by atoms with Crippen LogP contribution in [0.15, 0.2) is 36.4 Å². The molecule has 4 rings (SSSR count). The molecule has 29 heavy (non-hydrogen) atoms. The van der Waals surface area contributed by atoms with E-state index < -0.39 is 0 Å². The number of aryl methyl sites for hydroxylation is 2. The van der Waals surface area contributed by atoms with Gasteiger partial charge < -0.3 is 15.0 Å². The molecular formula is C23H28ClN3O2. The summed E-state index contributed by atoms with van der Waals surface area (Å²) in [4.78, 5) is 16.4. The van der Waals surface area contributed by atoms with Crippen LogP contribution in [-0.2, 0) is 11.2 Å². The van der Waals surface area contributed by atoms with Crippen molar-refractivity contribution >= 4 is 28.9 Å². The van der Waals surface area contributed by atoms with Crippen molar-refractivity contribution < 1.29 is 9.53 Å². The number of carbonyl (C=O) groups is 1. The Balaban J connectivity index is 1.19. The van der Waals surface area contributed by atoms with Gasteiger partial charge in [-0.25, -0.2) is 0 Å². The largest absolute Gasteiger partial charge is 0.493 e. The van der Waals surface area contributed by atoms with Crippen LogP contribution < -0.4 is 15.0 Å². The number of amides is 1. The van der Waals surface area contributed by atoms with Crippen LogP contribution in [0.1, 0.15) is 24.0 Å². The molecule has 2 aromatic carbocycles. The van der Waals surface area contributed by atoms with E-state index in [4.69, 9.17) is 16.3 Å². The van der Waals surface area contributed by atoms with Crippen molar-refractivity contribution in [2.24, 2.45) is 0 Å². The summed E-state index contributed by atoms with van der Waals surface area (Å²) in [6.45, 7) is 7.89. The van der Waals surface area contributed by atoms with Crippen LogP contribution in [0, 0.1) is 6.92 Å². The summed E-state index contributed by atoms with van der Waals surface area (Å²) in [6, 6.07) is 12.3. The van der Waals surface area contributed by atoms with Gasteiger partial charge in [0, 0.05) is 61.6 Å². The lowest BCUT2D eigenvalue weighted by molar-refractivity contribution is -0.116.